The van der Waals surface area contributed by atoms with Crippen LogP contribution in [0.5, 0.6) is 0 Å². The molecular formula is C17H28N2O2. The number of nitrogens with zero attached hydrogens (tertiary/aromatic N) is 1. The van der Waals surface area contributed by atoms with Crippen LogP contribution in [0.1, 0.15) is 18.1 Å². The summed E-state index contributed by atoms with van der Waals surface area (Å²) in [5, 5.41) is 3.42. The van der Waals surface area contributed by atoms with Crippen molar-refractivity contribution >= 4 is 5.69 Å². The van der Waals surface area contributed by atoms with Crippen molar-refractivity contribution in [1.29, 1.82) is 0 Å². The SMILES string of the molecule is COCCN(CCOC)C(C)Cc1ccc2c(c1)CCN2. The van der Waals surface area contributed by atoms with Gasteiger partial charge in [-0.2, -0.15) is 0 Å². The summed E-state index contributed by atoms with van der Waals surface area (Å²) in [6, 6.07) is 7.32. The molecule has 21 heavy (non-hydrogen) atoms. The number of nitrogens with one attached hydrogen (secondary N) is 1. The highest BCUT2D eigenvalue weighted by atomic mass is 16.5. The van der Waals surface area contributed by atoms with Crippen LogP contribution in [-0.4, -0.2) is 58.0 Å². The second-order valence-corrected chi connectivity index (χ2v) is 5.74. The van der Waals surface area contributed by atoms with Crippen molar-refractivity contribution in [2.45, 2.75) is 25.8 Å². The first-order valence-corrected chi connectivity index (χ1v) is 7.82. The largest absolute Gasteiger partial charge is 0.384 e. The van der Waals surface area contributed by atoms with Crippen LogP contribution in [0.25, 0.3) is 0 Å². The lowest BCUT2D eigenvalue weighted by atomic mass is 10.0. The molecule has 1 atom stereocenters. The first-order chi connectivity index (χ1) is 10.2. The topological polar surface area (TPSA) is 33.7 Å². The Kier molecular flexibility index (Phi) is 6.49. The van der Waals surface area contributed by atoms with Crippen molar-refractivity contribution in [3.05, 3.63) is 29.3 Å². The van der Waals surface area contributed by atoms with Gasteiger partial charge in [0.15, 0.2) is 0 Å². The van der Waals surface area contributed by atoms with Crippen LogP contribution >= 0.6 is 0 Å². The van der Waals surface area contributed by atoms with Crippen LogP contribution in [0.15, 0.2) is 18.2 Å². The van der Waals surface area contributed by atoms with Gasteiger partial charge in [-0.05, 0) is 37.0 Å². The highest BCUT2D eigenvalue weighted by Crippen LogP contribution is 2.24. The summed E-state index contributed by atoms with van der Waals surface area (Å²) in [7, 11) is 3.51. The normalized spacial score (nSPS) is 15.0. The molecule has 4 nitrogen and oxygen atoms in total. The molecule has 0 fully saturated rings. The first kappa shape index (κ1) is 16.3. The van der Waals surface area contributed by atoms with E-state index in [1.807, 2.05) is 0 Å². The number of rotatable bonds is 9. The minimum absolute atomic E-state index is 0.489. The Bertz CT molecular complexity index is 429. The van der Waals surface area contributed by atoms with E-state index in [4.69, 9.17) is 9.47 Å². The summed E-state index contributed by atoms with van der Waals surface area (Å²) >= 11 is 0. The molecule has 0 bridgehead atoms. The van der Waals surface area contributed by atoms with E-state index in [2.05, 4.69) is 35.3 Å². The summed E-state index contributed by atoms with van der Waals surface area (Å²) < 4.78 is 10.4. The average molecular weight is 292 g/mol. The number of methoxy groups -OCH3 is 2. The van der Waals surface area contributed by atoms with E-state index in [0.29, 0.717) is 6.04 Å². The molecule has 1 heterocycles. The zero-order valence-corrected chi connectivity index (χ0v) is 13.5. The Morgan fingerprint density at radius 1 is 1.19 bits per heavy atom. The Morgan fingerprint density at radius 2 is 1.90 bits per heavy atom. The van der Waals surface area contributed by atoms with Gasteiger partial charge in [0.1, 0.15) is 0 Å². The van der Waals surface area contributed by atoms with E-state index in [1.165, 1.54) is 16.8 Å². The number of anilines is 1. The van der Waals surface area contributed by atoms with Crippen molar-refractivity contribution in [2.75, 3.05) is 52.4 Å². The smallest absolute Gasteiger partial charge is 0.0589 e. The molecule has 0 spiro atoms. The van der Waals surface area contributed by atoms with Crippen molar-refractivity contribution in [3.63, 3.8) is 0 Å². The quantitative estimate of drug-likeness (QED) is 0.756. The lowest BCUT2D eigenvalue weighted by Crippen LogP contribution is -2.39. The van der Waals surface area contributed by atoms with Gasteiger partial charge in [0.05, 0.1) is 13.2 Å². The van der Waals surface area contributed by atoms with Crippen molar-refractivity contribution < 1.29 is 9.47 Å². The van der Waals surface area contributed by atoms with Gasteiger partial charge in [-0.1, -0.05) is 12.1 Å². The molecule has 0 aliphatic carbocycles. The molecule has 4 heteroatoms. The number of fused-ring (bicyclic) bond motifs is 1. The number of hydrogen-bond donors (Lipinski definition) is 1. The maximum absolute atomic E-state index is 5.22. The molecule has 0 amide bonds. The molecule has 0 saturated heterocycles. The van der Waals surface area contributed by atoms with Gasteiger partial charge in [-0.15, -0.1) is 0 Å². The van der Waals surface area contributed by atoms with Crippen molar-refractivity contribution in [3.8, 4) is 0 Å². The van der Waals surface area contributed by atoms with E-state index in [0.717, 1.165) is 45.7 Å². The molecule has 1 unspecified atom stereocenters. The molecule has 0 saturated carbocycles. The fourth-order valence-electron chi connectivity index (χ4n) is 2.93. The van der Waals surface area contributed by atoms with Gasteiger partial charge in [0.25, 0.3) is 0 Å². The van der Waals surface area contributed by atoms with E-state index >= 15 is 0 Å². The van der Waals surface area contributed by atoms with Gasteiger partial charge >= 0.3 is 0 Å². The Hall–Kier alpha value is -1.10. The molecule has 2 rings (SSSR count). The molecule has 1 aromatic rings. The van der Waals surface area contributed by atoms with Crippen LogP contribution in [-0.2, 0) is 22.3 Å². The Morgan fingerprint density at radius 3 is 2.57 bits per heavy atom. The third kappa shape index (κ3) is 4.70. The zero-order chi connectivity index (χ0) is 15.1. The molecule has 0 aromatic heterocycles. The fourth-order valence-corrected chi connectivity index (χ4v) is 2.93. The summed E-state index contributed by atoms with van der Waals surface area (Å²) in [4.78, 5) is 2.44. The van der Waals surface area contributed by atoms with Crippen molar-refractivity contribution in [1.82, 2.24) is 4.90 Å². The summed E-state index contributed by atoms with van der Waals surface area (Å²) in [6.07, 6.45) is 2.22. The second kappa shape index (κ2) is 8.37. The summed E-state index contributed by atoms with van der Waals surface area (Å²) in [6.45, 7) is 6.80. The van der Waals surface area contributed by atoms with Gasteiger partial charge in [0.2, 0.25) is 0 Å². The van der Waals surface area contributed by atoms with Crippen LogP contribution in [0.2, 0.25) is 0 Å². The standard InChI is InChI=1S/C17H28N2O2/c1-14(19(8-10-20-2)9-11-21-3)12-15-4-5-17-16(13-15)6-7-18-17/h4-5,13-14,18H,6-12H2,1-3H3. The number of benzene rings is 1. The van der Waals surface area contributed by atoms with Crippen molar-refractivity contribution in [2.24, 2.45) is 0 Å². The lowest BCUT2D eigenvalue weighted by molar-refractivity contribution is 0.0919. The van der Waals surface area contributed by atoms with Gasteiger partial charge in [-0.3, -0.25) is 4.90 Å². The Labute approximate surface area is 128 Å². The van der Waals surface area contributed by atoms with E-state index in [9.17, 15) is 0 Å². The summed E-state index contributed by atoms with van der Waals surface area (Å²) in [5.74, 6) is 0. The average Bonchev–Trinajstić information content (AvgIpc) is 2.95. The van der Waals surface area contributed by atoms with E-state index in [1.54, 1.807) is 14.2 Å². The maximum Gasteiger partial charge on any atom is 0.0589 e. The molecule has 1 N–H and O–H groups in total. The molecule has 1 aromatic carbocycles. The molecule has 1 aliphatic heterocycles. The van der Waals surface area contributed by atoms with Crippen LogP contribution < -0.4 is 5.32 Å². The fraction of sp³-hybridized carbons (Fsp3) is 0.647. The minimum atomic E-state index is 0.489. The zero-order valence-electron chi connectivity index (χ0n) is 13.5. The molecule has 0 radical (unpaired) electrons. The predicted octanol–water partition coefficient (Wildman–Crippen LogP) is 2.18. The monoisotopic (exact) mass is 292 g/mol. The lowest BCUT2D eigenvalue weighted by Gasteiger charge is -2.28. The highest BCUT2D eigenvalue weighted by Gasteiger charge is 2.16. The predicted molar refractivity (Wildman–Crippen MR) is 87.1 cm³/mol. The summed E-state index contributed by atoms with van der Waals surface area (Å²) in [5.41, 5.74) is 4.19. The molecule has 1 aliphatic rings. The molecule has 118 valence electrons. The maximum atomic E-state index is 5.22. The van der Waals surface area contributed by atoms with E-state index < -0.39 is 0 Å². The van der Waals surface area contributed by atoms with Gasteiger partial charge < -0.3 is 14.8 Å². The third-order valence-electron chi connectivity index (χ3n) is 4.20. The van der Waals surface area contributed by atoms with Crippen LogP contribution in [0.3, 0.4) is 0 Å². The molecular weight excluding hydrogens is 264 g/mol. The number of hydrogen-bond acceptors (Lipinski definition) is 4. The van der Waals surface area contributed by atoms with Crippen LogP contribution in [0, 0.1) is 0 Å². The van der Waals surface area contributed by atoms with E-state index in [-0.39, 0.29) is 0 Å². The number of ether oxygens (including phenoxy) is 2. The second-order valence-electron chi connectivity index (χ2n) is 5.74. The van der Waals surface area contributed by atoms with Crippen LogP contribution in [0.4, 0.5) is 5.69 Å². The highest BCUT2D eigenvalue weighted by molar-refractivity contribution is 5.56. The first-order valence-electron chi connectivity index (χ1n) is 7.82. The Balaban J connectivity index is 1.94. The minimum Gasteiger partial charge on any atom is -0.384 e. The third-order valence-corrected chi connectivity index (χ3v) is 4.20. The van der Waals surface area contributed by atoms with Gasteiger partial charge in [-0.25, -0.2) is 0 Å². The van der Waals surface area contributed by atoms with Gasteiger partial charge in [0, 0.05) is 45.6 Å².